The molecule has 0 aromatic carbocycles. The number of hydrogen-bond donors (Lipinski definition) is 2. The van der Waals surface area contributed by atoms with E-state index >= 15 is 0 Å². The van der Waals surface area contributed by atoms with Crippen LogP contribution >= 0.6 is 11.6 Å². The minimum absolute atomic E-state index is 0.103. The molecule has 0 amide bonds. The van der Waals surface area contributed by atoms with E-state index in [9.17, 15) is 0 Å². The normalized spacial score (nSPS) is 16.6. The molecule has 2 rings (SSSR count). The van der Waals surface area contributed by atoms with Gasteiger partial charge < -0.3 is 15.2 Å². The first-order chi connectivity index (χ1) is 8.17. The maximum atomic E-state index is 8.96. The van der Waals surface area contributed by atoms with Crippen molar-refractivity contribution in [2.24, 2.45) is 5.41 Å². The molecule has 1 heterocycles. The highest BCUT2D eigenvalue weighted by Crippen LogP contribution is 2.48. The van der Waals surface area contributed by atoms with Gasteiger partial charge in [0.15, 0.2) is 0 Å². The molecule has 0 radical (unpaired) electrons. The molecule has 1 aromatic rings. The van der Waals surface area contributed by atoms with E-state index < -0.39 is 0 Å². The van der Waals surface area contributed by atoms with Gasteiger partial charge in [-0.2, -0.15) is 15.0 Å². The number of nitrogens with one attached hydrogen (secondary N) is 1. The van der Waals surface area contributed by atoms with Gasteiger partial charge >= 0.3 is 6.01 Å². The van der Waals surface area contributed by atoms with Gasteiger partial charge in [-0.15, -0.1) is 0 Å². The van der Waals surface area contributed by atoms with Crippen LogP contribution in [0.2, 0.25) is 5.28 Å². The zero-order valence-electron chi connectivity index (χ0n) is 9.61. The molecule has 1 fully saturated rings. The van der Waals surface area contributed by atoms with Gasteiger partial charge in [0.2, 0.25) is 11.2 Å². The highest BCUT2D eigenvalue weighted by molar-refractivity contribution is 6.28. The molecule has 1 saturated carbocycles. The van der Waals surface area contributed by atoms with Crippen LogP contribution in [0, 0.1) is 5.41 Å². The number of halogens is 1. The molecule has 0 spiro atoms. The van der Waals surface area contributed by atoms with Crippen molar-refractivity contribution in [3.8, 4) is 6.01 Å². The van der Waals surface area contributed by atoms with Gasteiger partial charge in [-0.05, 0) is 36.3 Å². The maximum absolute atomic E-state index is 8.96. The van der Waals surface area contributed by atoms with Gasteiger partial charge in [0.25, 0.3) is 0 Å². The Morgan fingerprint density at radius 1 is 1.41 bits per heavy atom. The van der Waals surface area contributed by atoms with Crippen molar-refractivity contribution in [1.82, 2.24) is 15.0 Å². The monoisotopic (exact) mass is 258 g/mol. The van der Waals surface area contributed by atoms with Crippen molar-refractivity contribution in [3.05, 3.63) is 5.28 Å². The number of aliphatic hydroxyl groups is 1. The molecular formula is C10H15ClN4O2. The number of anilines is 1. The van der Waals surface area contributed by atoms with Crippen molar-refractivity contribution >= 4 is 17.5 Å². The van der Waals surface area contributed by atoms with Crippen LogP contribution in [-0.2, 0) is 0 Å². The zero-order valence-corrected chi connectivity index (χ0v) is 10.4. The predicted octanol–water partition coefficient (Wildman–Crippen LogP) is 1.11. The Morgan fingerprint density at radius 3 is 2.76 bits per heavy atom. The molecule has 94 valence electrons. The lowest BCUT2D eigenvalue weighted by molar-refractivity contribution is 0.253. The van der Waals surface area contributed by atoms with E-state index in [2.05, 4.69) is 20.3 Å². The number of rotatable bonds is 6. The first-order valence-corrected chi connectivity index (χ1v) is 5.85. The number of ether oxygens (including phenoxy) is 1. The van der Waals surface area contributed by atoms with Gasteiger partial charge in [0.05, 0.1) is 7.11 Å². The molecule has 0 bridgehead atoms. The second-order valence-electron chi connectivity index (χ2n) is 4.24. The maximum Gasteiger partial charge on any atom is 0.322 e. The Labute approximate surface area is 104 Å². The van der Waals surface area contributed by atoms with E-state index in [1.54, 1.807) is 0 Å². The van der Waals surface area contributed by atoms with Crippen LogP contribution in [0.15, 0.2) is 0 Å². The molecule has 1 aliphatic carbocycles. The summed E-state index contributed by atoms with van der Waals surface area (Å²) < 4.78 is 4.90. The topological polar surface area (TPSA) is 80.2 Å². The number of hydrogen-bond acceptors (Lipinski definition) is 6. The summed E-state index contributed by atoms with van der Waals surface area (Å²) in [6, 6.07) is 0.194. The third-order valence-corrected chi connectivity index (χ3v) is 3.16. The minimum atomic E-state index is 0.103. The van der Waals surface area contributed by atoms with Gasteiger partial charge in [0, 0.05) is 13.2 Å². The molecule has 6 nitrogen and oxygen atoms in total. The molecule has 1 aromatic heterocycles. The first kappa shape index (κ1) is 12.3. The fourth-order valence-corrected chi connectivity index (χ4v) is 1.85. The van der Waals surface area contributed by atoms with E-state index in [-0.39, 0.29) is 23.3 Å². The molecular weight excluding hydrogens is 244 g/mol. The Bertz CT molecular complexity index is 398. The van der Waals surface area contributed by atoms with Crippen molar-refractivity contribution in [2.45, 2.75) is 19.3 Å². The van der Waals surface area contributed by atoms with Crippen LogP contribution in [0.5, 0.6) is 6.01 Å². The molecule has 7 heteroatoms. The predicted molar refractivity (Wildman–Crippen MR) is 63.2 cm³/mol. The Morgan fingerprint density at radius 2 is 2.18 bits per heavy atom. The number of aromatic nitrogens is 3. The third kappa shape index (κ3) is 3.17. The molecule has 0 unspecified atom stereocenters. The van der Waals surface area contributed by atoms with Crippen molar-refractivity contribution in [2.75, 3.05) is 25.6 Å². The van der Waals surface area contributed by atoms with Crippen LogP contribution in [0.3, 0.4) is 0 Å². The van der Waals surface area contributed by atoms with E-state index in [4.69, 9.17) is 21.4 Å². The summed E-state index contributed by atoms with van der Waals surface area (Å²) in [5, 5.41) is 12.2. The SMILES string of the molecule is COc1nc(Cl)nc(NCC2(CCO)CC2)n1. The number of nitrogens with zero attached hydrogens (tertiary/aromatic N) is 3. The van der Waals surface area contributed by atoms with Crippen LogP contribution in [-0.4, -0.2) is 40.3 Å². The highest BCUT2D eigenvalue weighted by Gasteiger charge is 2.41. The van der Waals surface area contributed by atoms with Crippen LogP contribution < -0.4 is 10.1 Å². The molecule has 1 aliphatic rings. The minimum Gasteiger partial charge on any atom is -0.467 e. The van der Waals surface area contributed by atoms with Gasteiger partial charge in [-0.3, -0.25) is 0 Å². The summed E-state index contributed by atoms with van der Waals surface area (Å²) in [6.45, 7) is 0.944. The Balaban J connectivity index is 1.97. The van der Waals surface area contributed by atoms with E-state index in [0.717, 1.165) is 25.8 Å². The van der Waals surface area contributed by atoms with Crippen LogP contribution in [0.4, 0.5) is 5.95 Å². The lowest BCUT2D eigenvalue weighted by Gasteiger charge is -2.14. The van der Waals surface area contributed by atoms with Crippen LogP contribution in [0.25, 0.3) is 0 Å². The first-order valence-electron chi connectivity index (χ1n) is 5.48. The molecule has 2 N–H and O–H groups in total. The number of methoxy groups -OCH3 is 1. The standard InChI is InChI=1S/C10H15ClN4O2/c1-17-9-14-7(11)13-8(15-9)12-6-10(2-3-10)4-5-16/h16H,2-6H2,1H3,(H,12,13,14,15). The second-order valence-corrected chi connectivity index (χ2v) is 4.58. The van der Waals surface area contributed by atoms with Crippen molar-refractivity contribution in [3.63, 3.8) is 0 Å². The number of aliphatic hydroxyl groups excluding tert-OH is 1. The van der Waals surface area contributed by atoms with Gasteiger partial charge in [-0.1, -0.05) is 0 Å². The fourth-order valence-electron chi connectivity index (χ4n) is 1.70. The zero-order chi connectivity index (χ0) is 12.3. The molecule has 0 saturated heterocycles. The molecule has 0 aliphatic heterocycles. The van der Waals surface area contributed by atoms with Crippen LogP contribution in [0.1, 0.15) is 19.3 Å². The average Bonchev–Trinajstić information content (AvgIpc) is 3.07. The summed E-state index contributed by atoms with van der Waals surface area (Å²) in [6.07, 6.45) is 3.04. The van der Waals surface area contributed by atoms with Gasteiger partial charge in [-0.25, -0.2) is 0 Å². The Hall–Kier alpha value is -1.14. The average molecular weight is 259 g/mol. The Kier molecular flexibility index (Phi) is 3.63. The van der Waals surface area contributed by atoms with Crippen molar-refractivity contribution < 1.29 is 9.84 Å². The smallest absolute Gasteiger partial charge is 0.322 e. The van der Waals surface area contributed by atoms with E-state index in [0.29, 0.717) is 5.95 Å². The lowest BCUT2D eigenvalue weighted by atomic mass is 10.0. The third-order valence-electron chi connectivity index (χ3n) is 2.99. The lowest BCUT2D eigenvalue weighted by Crippen LogP contribution is -2.18. The van der Waals surface area contributed by atoms with Gasteiger partial charge in [0.1, 0.15) is 0 Å². The fraction of sp³-hybridized carbons (Fsp3) is 0.700. The van der Waals surface area contributed by atoms with E-state index in [1.807, 2.05) is 0 Å². The largest absolute Gasteiger partial charge is 0.467 e. The second kappa shape index (κ2) is 5.01. The summed E-state index contributed by atoms with van der Waals surface area (Å²) in [4.78, 5) is 11.8. The molecule has 17 heavy (non-hydrogen) atoms. The highest BCUT2D eigenvalue weighted by atomic mass is 35.5. The summed E-state index contributed by atoms with van der Waals surface area (Å²) >= 11 is 5.73. The summed E-state index contributed by atoms with van der Waals surface area (Å²) in [5.41, 5.74) is 0.196. The summed E-state index contributed by atoms with van der Waals surface area (Å²) in [7, 11) is 1.48. The quantitative estimate of drug-likeness (QED) is 0.796. The van der Waals surface area contributed by atoms with E-state index in [1.165, 1.54) is 7.11 Å². The van der Waals surface area contributed by atoms with Crippen molar-refractivity contribution in [1.29, 1.82) is 0 Å². The molecule has 0 atom stereocenters. The summed E-state index contributed by atoms with van der Waals surface area (Å²) in [5.74, 6) is 0.408.